The Morgan fingerprint density at radius 3 is 2.88 bits per heavy atom. The zero-order valence-corrected chi connectivity index (χ0v) is 14.8. The lowest BCUT2D eigenvalue weighted by Crippen LogP contribution is -2.35. The number of aliphatic hydroxyl groups is 1. The van der Waals surface area contributed by atoms with Gasteiger partial charge in [-0.25, -0.2) is 4.98 Å². The van der Waals surface area contributed by atoms with Crippen LogP contribution >= 0.6 is 0 Å². The predicted octanol–water partition coefficient (Wildman–Crippen LogP) is 2.53. The van der Waals surface area contributed by atoms with Crippen LogP contribution in [0.25, 0.3) is 0 Å². The smallest absolute Gasteiger partial charge is 0.208 e. The summed E-state index contributed by atoms with van der Waals surface area (Å²) in [4.78, 5) is 8.93. The Balaban J connectivity index is 1.52. The number of aromatic nitrogens is 1. The van der Waals surface area contributed by atoms with Crippen LogP contribution in [-0.4, -0.2) is 52.6 Å². The van der Waals surface area contributed by atoms with Gasteiger partial charge < -0.3 is 9.52 Å². The molecule has 130 valence electrons. The van der Waals surface area contributed by atoms with Gasteiger partial charge in [0.05, 0.1) is 18.8 Å². The predicted molar refractivity (Wildman–Crippen MR) is 93.7 cm³/mol. The topological polar surface area (TPSA) is 52.7 Å². The van der Waals surface area contributed by atoms with E-state index in [4.69, 9.17) is 4.42 Å². The van der Waals surface area contributed by atoms with Gasteiger partial charge in [0.2, 0.25) is 5.89 Å². The van der Waals surface area contributed by atoms with Crippen molar-refractivity contribution in [2.75, 3.05) is 26.7 Å². The molecule has 0 saturated carbocycles. The number of aliphatic hydroxyl groups excluding tert-OH is 1. The van der Waals surface area contributed by atoms with Crippen molar-refractivity contribution >= 4 is 0 Å². The van der Waals surface area contributed by atoms with Crippen molar-refractivity contribution in [1.82, 2.24) is 14.8 Å². The third-order valence-corrected chi connectivity index (χ3v) is 4.90. The third kappa shape index (κ3) is 4.04. The normalized spacial score (nSPS) is 20.0. The number of β-amino-alcohol motifs (C(OH)–C–C–N with tert-alkyl or cyclic N) is 1. The molecule has 5 nitrogen and oxygen atoms in total. The molecule has 1 aliphatic heterocycles. The summed E-state index contributed by atoms with van der Waals surface area (Å²) in [6.45, 7) is 7.37. The maximum absolute atomic E-state index is 10.5. The summed E-state index contributed by atoms with van der Waals surface area (Å²) in [6.07, 6.45) is 2.45. The minimum atomic E-state index is -0.426. The van der Waals surface area contributed by atoms with E-state index in [1.54, 1.807) is 6.20 Å². The van der Waals surface area contributed by atoms with E-state index in [0.717, 1.165) is 48.8 Å². The quantitative estimate of drug-likeness (QED) is 0.882. The first-order chi connectivity index (χ1) is 11.5. The molecule has 1 aliphatic rings. The number of likely N-dealkylation sites (N-methyl/N-ethyl adjacent to an activating group) is 1. The van der Waals surface area contributed by atoms with Crippen LogP contribution in [0, 0.1) is 13.8 Å². The first-order valence-electron chi connectivity index (χ1n) is 8.60. The first-order valence-corrected chi connectivity index (χ1v) is 8.60. The standard InChI is InChI=1S/C19H27N3O2/c1-14-6-4-5-7-17(14)18(23)12-22-9-8-16(11-22)21(3)13-19-20-10-15(2)24-19/h4-7,10,16,18,23H,8-9,11-13H2,1-3H3/t16-,18+/m1/s1. The van der Waals surface area contributed by atoms with E-state index in [-0.39, 0.29) is 0 Å². The maximum atomic E-state index is 10.5. The zero-order valence-electron chi connectivity index (χ0n) is 14.8. The lowest BCUT2D eigenvalue weighted by molar-refractivity contribution is 0.119. The van der Waals surface area contributed by atoms with Crippen LogP contribution < -0.4 is 0 Å². The summed E-state index contributed by atoms with van der Waals surface area (Å²) in [7, 11) is 2.12. The largest absolute Gasteiger partial charge is 0.445 e. The third-order valence-electron chi connectivity index (χ3n) is 4.90. The van der Waals surface area contributed by atoms with Crippen LogP contribution in [0.4, 0.5) is 0 Å². The van der Waals surface area contributed by atoms with Crippen molar-refractivity contribution in [2.24, 2.45) is 0 Å². The van der Waals surface area contributed by atoms with Gasteiger partial charge in [-0.05, 0) is 45.0 Å². The van der Waals surface area contributed by atoms with E-state index in [2.05, 4.69) is 34.8 Å². The lowest BCUT2D eigenvalue weighted by atomic mass is 10.0. The zero-order chi connectivity index (χ0) is 17.1. The highest BCUT2D eigenvalue weighted by Gasteiger charge is 2.28. The number of benzene rings is 1. The Hall–Kier alpha value is -1.69. The molecule has 2 atom stereocenters. The van der Waals surface area contributed by atoms with Crippen molar-refractivity contribution < 1.29 is 9.52 Å². The van der Waals surface area contributed by atoms with Crippen LogP contribution in [0.5, 0.6) is 0 Å². The summed E-state index contributed by atoms with van der Waals surface area (Å²) >= 11 is 0. The second-order valence-corrected chi connectivity index (χ2v) is 6.85. The van der Waals surface area contributed by atoms with E-state index in [1.807, 2.05) is 25.1 Å². The molecule has 0 spiro atoms. The minimum absolute atomic E-state index is 0.426. The summed E-state index contributed by atoms with van der Waals surface area (Å²) in [5.74, 6) is 1.63. The van der Waals surface area contributed by atoms with E-state index in [0.29, 0.717) is 12.6 Å². The van der Waals surface area contributed by atoms with Crippen molar-refractivity contribution in [3.63, 3.8) is 0 Å². The number of nitrogens with zero attached hydrogens (tertiary/aromatic N) is 3. The fourth-order valence-electron chi connectivity index (χ4n) is 3.46. The van der Waals surface area contributed by atoms with Gasteiger partial charge in [-0.2, -0.15) is 0 Å². The summed E-state index contributed by atoms with van der Waals surface area (Å²) in [5.41, 5.74) is 2.18. The van der Waals surface area contributed by atoms with Gasteiger partial charge in [0.1, 0.15) is 5.76 Å². The monoisotopic (exact) mass is 329 g/mol. The maximum Gasteiger partial charge on any atom is 0.208 e. The minimum Gasteiger partial charge on any atom is -0.445 e. The van der Waals surface area contributed by atoms with E-state index >= 15 is 0 Å². The molecule has 0 bridgehead atoms. The molecule has 0 unspecified atom stereocenters. The average molecular weight is 329 g/mol. The van der Waals surface area contributed by atoms with Crippen molar-refractivity contribution in [1.29, 1.82) is 0 Å². The van der Waals surface area contributed by atoms with Gasteiger partial charge in [-0.3, -0.25) is 9.80 Å². The Labute approximate surface area is 143 Å². The molecule has 1 N–H and O–H groups in total. The van der Waals surface area contributed by atoms with Crippen LogP contribution in [-0.2, 0) is 6.54 Å². The Kier molecular flexibility index (Phi) is 5.33. The Bertz CT molecular complexity index is 670. The van der Waals surface area contributed by atoms with Gasteiger partial charge in [0, 0.05) is 19.1 Å². The number of rotatable bonds is 6. The number of oxazole rings is 1. The fourth-order valence-corrected chi connectivity index (χ4v) is 3.46. The summed E-state index contributed by atoms with van der Waals surface area (Å²) < 4.78 is 5.57. The summed E-state index contributed by atoms with van der Waals surface area (Å²) in [6, 6.07) is 8.55. The molecular weight excluding hydrogens is 302 g/mol. The highest BCUT2D eigenvalue weighted by molar-refractivity contribution is 5.27. The second-order valence-electron chi connectivity index (χ2n) is 6.85. The van der Waals surface area contributed by atoms with E-state index in [9.17, 15) is 5.11 Å². The van der Waals surface area contributed by atoms with Crippen molar-refractivity contribution in [2.45, 2.75) is 39.0 Å². The molecule has 2 aromatic rings. The number of likely N-dealkylation sites (tertiary alicyclic amines) is 1. The SMILES string of the molecule is Cc1cnc(CN(C)[C@@H]2CCN(C[C@H](O)c3ccccc3C)C2)o1. The van der Waals surface area contributed by atoms with Gasteiger partial charge in [-0.15, -0.1) is 0 Å². The lowest BCUT2D eigenvalue weighted by Gasteiger charge is -2.25. The van der Waals surface area contributed by atoms with Crippen LogP contribution in [0.15, 0.2) is 34.9 Å². The van der Waals surface area contributed by atoms with E-state index in [1.165, 1.54) is 0 Å². The van der Waals surface area contributed by atoms with Crippen molar-refractivity contribution in [3.05, 3.63) is 53.2 Å². The van der Waals surface area contributed by atoms with Crippen LogP contribution in [0.3, 0.4) is 0 Å². The molecule has 24 heavy (non-hydrogen) atoms. The van der Waals surface area contributed by atoms with Gasteiger partial charge >= 0.3 is 0 Å². The van der Waals surface area contributed by atoms with Gasteiger partial charge in [-0.1, -0.05) is 24.3 Å². The van der Waals surface area contributed by atoms with E-state index < -0.39 is 6.10 Å². The Morgan fingerprint density at radius 1 is 1.38 bits per heavy atom. The average Bonchev–Trinajstić information content (AvgIpc) is 3.17. The molecule has 1 aromatic heterocycles. The highest BCUT2D eigenvalue weighted by atomic mass is 16.4. The molecule has 0 radical (unpaired) electrons. The molecule has 1 fully saturated rings. The fraction of sp³-hybridized carbons (Fsp3) is 0.526. The molecule has 0 amide bonds. The van der Waals surface area contributed by atoms with Gasteiger partial charge in [0.25, 0.3) is 0 Å². The highest BCUT2D eigenvalue weighted by Crippen LogP contribution is 2.22. The number of aryl methyl sites for hydroxylation is 2. The molecule has 1 aromatic carbocycles. The first kappa shape index (κ1) is 17.1. The van der Waals surface area contributed by atoms with Crippen LogP contribution in [0.2, 0.25) is 0 Å². The van der Waals surface area contributed by atoms with Gasteiger partial charge in [0.15, 0.2) is 0 Å². The van der Waals surface area contributed by atoms with Crippen LogP contribution in [0.1, 0.15) is 35.3 Å². The molecule has 1 saturated heterocycles. The summed E-state index contributed by atoms with van der Waals surface area (Å²) in [5, 5.41) is 10.5. The molecule has 0 aliphatic carbocycles. The molecule has 3 rings (SSSR count). The Morgan fingerprint density at radius 2 is 2.17 bits per heavy atom. The van der Waals surface area contributed by atoms with Crippen molar-refractivity contribution in [3.8, 4) is 0 Å². The number of hydrogen-bond acceptors (Lipinski definition) is 5. The number of hydrogen-bond donors (Lipinski definition) is 1. The second kappa shape index (κ2) is 7.47. The molecule has 5 heteroatoms. The molecular formula is C19H27N3O2. The molecule has 2 heterocycles.